The Balaban J connectivity index is 2.19. The van der Waals surface area contributed by atoms with Crippen LogP contribution in [0.25, 0.3) is 5.57 Å². The van der Waals surface area contributed by atoms with Crippen LogP contribution in [0.4, 0.5) is 0 Å². The maximum atomic E-state index is 3.70. The van der Waals surface area contributed by atoms with Gasteiger partial charge in [0.15, 0.2) is 0 Å². The van der Waals surface area contributed by atoms with Crippen LogP contribution in [0.15, 0.2) is 65.3 Å². The first-order valence-corrected chi connectivity index (χ1v) is 9.40. The van der Waals surface area contributed by atoms with E-state index in [1.54, 1.807) is 8.18 Å². The van der Waals surface area contributed by atoms with Crippen LogP contribution in [0.5, 0.6) is 0 Å². The van der Waals surface area contributed by atoms with Crippen molar-refractivity contribution in [1.29, 1.82) is 0 Å². The number of rotatable bonds is 2. The van der Waals surface area contributed by atoms with E-state index >= 15 is 0 Å². The zero-order valence-corrected chi connectivity index (χ0v) is 17.5. The molecular formula is C15H11Br4N3. The standard InChI is InChI=1S/C15H11Br4N3/c16-15-13(11-7-3-1-4-8-11)14(12-9-5-2-6-10-12)20(17)22(19)21(15)18/h1-10,14H. The van der Waals surface area contributed by atoms with Crippen molar-refractivity contribution < 1.29 is 0 Å². The molecule has 0 amide bonds. The second-order valence-electron chi connectivity index (χ2n) is 4.67. The van der Waals surface area contributed by atoms with Gasteiger partial charge in [-0.3, -0.25) is 0 Å². The molecule has 3 nitrogen and oxygen atoms in total. The average molecular weight is 553 g/mol. The predicted octanol–water partition coefficient (Wildman–Crippen LogP) is 6.17. The molecule has 0 radical (unpaired) electrons. The van der Waals surface area contributed by atoms with Gasteiger partial charge in [0.1, 0.15) is 4.61 Å². The number of hydrogen-bond acceptors (Lipinski definition) is 3. The molecule has 1 aliphatic rings. The fourth-order valence-electron chi connectivity index (χ4n) is 2.38. The lowest BCUT2D eigenvalue weighted by Gasteiger charge is -2.42. The number of nitrogens with zero attached hydrogens (tertiary/aromatic N) is 3. The van der Waals surface area contributed by atoms with Crippen LogP contribution < -0.4 is 0 Å². The molecule has 2 aromatic rings. The Morgan fingerprint density at radius 1 is 0.773 bits per heavy atom. The van der Waals surface area contributed by atoms with Gasteiger partial charge >= 0.3 is 0 Å². The second-order valence-corrected chi connectivity index (χ2v) is 7.46. The predicted molar refractivity (Wildman–Crippen MR) is 104 cm³/mol. The fourth-order valence-corrected chi connectivity index (χ4v) is 4.65. The van der Waals surface area contributed by atoms with E-state index in [4.69, 9.17) is 0 Å². The summed E-state index contributed by atoms with van der Waals surface area (Å²) in [5.74, 6) is 0. The summed E-state index contributed by atoms with van der Waals surface area (Å²) in [6.07, 6.45) is 0. The Labute approximate surface area is 163 Å². The number of halogens is 4. The molecule has 1 aliphatic heterocycles. The third-order valence-electron chi connectivity index (χ3n) is 3.37. The smallest absolute Gasteiger partial charge is 0.116 e. The Hall–Kier alpha value is -0.180. The maximum Gasteiger partial charge on any atom is 0.116 e. The van der Waals surface area contributed by atoms with Gasteiger partial charge in [0, 0.05) is 21.7 Å². The first-order valence-electron chi connectivity index (χ1n) is 6.48. The Kier molecular flexibility index (Phi) is 5.42. The molecule has 3 rings (SSSR count). The summed E-state index contributed by atoms with van der Waals surface area (Å²) < 4.78 is 6.43. The van der Waals surface area contributed by atoms with Gasteiger partial charge in [0.25, 0.3) is 0 Å². The highest BCUT2D eigenvalue weighted by molar-refractivity contribution is 9.13. The van der Waals surface area contributed by atoms with E-state index in [9.17, 15) is 0 Å². The van der Waals surface area contributed by atoms with Gasteiger partial charge in [-0.1, -0.05) is 64.8 Å². The molecule has 0 bridgehead atoms. The SMILES string of the molecule is BrC1=C(c2ccccc2)C(c2ccccc2)N(Br)N(Br)N1Br. The summed E-state index contributed by atoms with van der Waals surface area (Å²) >= 11 is 14.4. The molecule has 1 unspecified atom stereocenters. The van der Waals surface area contributed by atoms with E-state index in [2.05, 4.69) is 88.6 Å². The molecular weight excluding hydrogens is 542 g/mol. The summed E-state index contributed by atoms with van der Waals surface area (Å²) in [5.41, 5.74) is 3.48. The first kappa shape index (κ1) is 16.7. The van der Waals surface area contributed by atoms with Crippen molar-refractivity contribution in [2.75, 3.05) is 0 Å². The van der Waals surface area contributed by atoms with Gasteiger partial charge in [0.2, 0.25) is 0 Å². The van der Waals surface area contributed by atoms with Gasteiger partial charge in [-0.15, -0.1) is 4.03 Å². The molecule has 2 aromatic carbocycles. The second kappa shape index (κ2) is 7.15. The third-order valence-corrected chi connectivity index (χ3v) is 7.49. The van der Waals surface area contributed by atoms with E-state index in [1.807, 2.05) is 40.4 Å². The van der Waals surface area contributed by atoms with Crippen molar-refractivity contribution in [3.63, 3.8) is 0 Å². The minimum absolute atomic E-state index is 0.00569. The van der Waals surface area contributed by atoms with Crippen LogP contribution in [0.2, 0.25) is 0 Å². The van der Waals surface area contributed by atoms with Gasteiger partial charge < -0.3 is 0 Å². The van der Waals surface area contributed by atoms with Crippen LogP contribution in [-0.2, 0) is 0 Å². The van der Waals surface area contributed by atoms with Crippen LogP contribution >= 0.6 is 64.4 Å². The van der Waals surface area contributed by atoms with Crippen molar-refractivity contribution in [2.45, 2.75) is 6.04 Å². The van der Waals surface area contributed by atoms with Crippen LogP contribution in [0.3, 0.4) is 0 Å². The molecule has 0 N–H and O–H groups in total. The van der Waals surface area contributed by atoms with Crippen LogP contribution in [0, 0.1) is 0 Å². The monoisotopic (exact) mass is 549 g/mol. The van der Waals surface area contributed by atoms with E-state index in [1.165, 1.54) is 5.56 Å². The molecule has 0 saturated heterocycles. The molecule has 0 aliphatic carbocycles. The lowest BCUT2D eigenvalue weighted by Crippen LogP contribution is -2.42. The van der Waals surface area contributed by atoms with Gasteiger partial charge in [-0.05, 0) is 27.1 Å². The van der Waals surface area contributed by atoms with E-state index in [0.717, 1.165) is 15.7 Å². The Morgan fingerprint density at radius 2 is 1.32 bits per heavy atom. The molecule has 7 heteroatoms. The van der Waals surface area contributed by atoms with Crippen molar-refractivity contribution in [3.05, 3.63) is 76.4 Å². The van der Waals surface area contributed by atoms with Crippen molar-refractivity contribution in [2.24, 2.45) is 0 Å². The summed E-state index contributed by atoms with van der Waals surface area (Å²) in [5, 5.41) is 0. The molecule has 0 spiro atoms. The fraction of sp³-hybridized carbons (Fsp3) is 0.0667. The van der Waals surface area contributed by atoms with E-state index in [0.29, 0.717) is 0 Å². The van der Waals surface area contributed by atoms with Crippen molar-refractivity contribution in [3.8, 4) is 0 Å². The quantitative estimate of drug-likeness (QED) is 0.326. The van der Waals surface area contributed by atoms with Crippen molar-refractivity contribution >= 4 is 69.9 Å². The topological polar surface area (TPSA) is 9.72 Å². The van der Waals surface area contributed by atoms with Gasteiger partial charge in [0.05, 0.1) is 38.3 Å². The Bertz CT molecular complexity index is 678. The summed E-state index contributed by atoms with van der Waals surface area (Å²) in [6, 6.07) is 20.7. The molecule has 0 saturated carbocycles. The van der Waals surface area contributed by atoms with E-state index < -0.39 is 0 Å². The largest absolute Gasteiger partial charge is 0.207 e. The van der Waals surface area contributed by atoms with Crippen LogP contribution in [-0.4, -0.2) is 12.2 Å². The van der Waals surface area contributed by atoms with Gasteiger partial charge in [-0.2, -0.15) is 0 Å². The summed E-state index contributed by atoms with van der Waals surface area (Å²) in [7, 11) is 0. The minimum atomic E-state index is 0.00569. The Morgan fingerprint density at radius 3 is 1.91 bits per heavy atom. The molecule has 114 valence electrons. The summed E-state index contributed by atoms with van der Waals surface area (Å²) in [4.78, 5) is 0. The van der Waals surface area contributed by atoms with Crippen molar-refractivity contribution in [1.82, 2.24) is 12.2 Å². The maximum absolute atomic E-state index is 3.70. The molecule has 1 heterocycles. The number of hydrazine groups is 2. The highest BCUT2D eigenvalue weighted by Gasteiger charge is 2.38. The molecule has 0 aromatic heterocycles. The molecule has 1 atom stereocenters. The summed E-state index contributed by atoms with van der Waals surface area (Å²) in [6.45, 7) is 0. The zero-order chi connectivity index (χ0) is 15.7. The lowest BCUT2D eigenvalue weighted by atomic mass is 9.94. The average Bonchev–Trinajstić information content (AvgIpc) is 2.57. The van der Waals surface area contributed by atoms with Gasteiger partial charge in [-0.25, -0.2) is 4.03 Å². The normalized spacial score (nSPS) is 20.5. The first-order chi connectivity index (χ1) is 10.6. The number of hydrogen-bond donors (Lipinski definition) is 0. The zero-order valence-electron chi connectivity index (χ0n) is 11.2. The minimum Gasteiger partial charge on any atom is -0.207 e. The highest BCUT2D eigenvalue weighted by Crippen LogP contribution is 2.48. The molecule has 0 fully saturated rings. The highest BCUT2D eigenvalue weighted by atomic mass is 79.9. The van der Waals surface area contributed by atoms with E-state index in [-0.39, 0.29) is 6.04 Å². The van der Waals surface area contributed by atoms with Crippen LogP contribution in [0.1, 0.15) is 17.2 Å². The lowest BCUT2D eigenvalue weighted by molar-refractivity contribution is 0.0670. The number of benzene rings is 2. The third kappa shape index (κ3) is 3.07. The molecule has 22 heavy (non-hydrogen) atoms.